The predicted octanol–water partition coefficient (Wildman–Crippen LogP) is 6.60. The summed E-state index contributed by atoms with van der Waals surface area (Å²) in [5.74, 6) is -2.15. The Labute approximate surface area is 154 Å². The number of thiophene rings is 1. The van der Waals surface area contributed by atoms with Crippen LogP contribution in [0.3, 0.4) is 0 Å². The zero-order valence-electron chi connectivity index (χ0n) is 14.2. The lowest BCUT2D eigenvalue weighted by Gasteiger charge is -2.11. The van der Waals surface area contributed by atoms with Gasteiger partial charge in [0.05, 0.1) is 6.61 Å². The molecule has 0 aliphatic heterocycles. The molecule has 0 radical (unpaired) electrons. The molecule has 5 heteroatoms. The van der Waals surface area contributed by atoms with Gasteiger partial charge in [-0.15, -0.1) is 11.3 Å². The van der Waals surface area contributed by atoms with Crippen LogP contribution in [0.25, 0.3) is 21.6 Å². The van der Waals surface area contributed by atoms with E-state index in [1.165, 1.54) is 29.5 Å². The molecule has 1 saturated carbocycles. The van der Waals surface area contributed by atoms with Crippen LogP contribution in [-0.2, 0) is 0 Å². The van der Waals surface area contributed by atoms with Crippen molar-refractivity contribution in [2.24, 2.45) is 5.92 Å². The summed E-state index contributed by atoms with van der Waals surface area (Å²) in [6.07, 6.45) is 2.13. The van der Waals surface area contributed by atoms with Crippen LogP contribution in [0.4, 0.5) is 13.2 Å². The fraction of sp³-hybridized carbons (Fsp3) is 0.238. The van der Waals surface area contributed by atoms with Crippen molar-refractivity contribution in [3.8, 4) is 27.3 Å². The van der Waals surface area contributed by atoms with Crippen molar-refractivity contribution in [3.05, 3.63) is 64.8 Å². The highest BCUT2D eigenvalue weighted by molar-refractivity contribution is 7.15. The number of rotatable bonds is 5. The first kappa shape index (κ1) is 17.2. The Morgan fingerprint density at radius 3 is 2.38 bits per heavy atom. The molecule has 0 N–H and O–H groups in total. The highest BCUT2D eigenvalue weighted by Gasteiger charge is 2.24. The lowest BCUT2D eigenvalue weighted by Crippen LogP contribution is -2.03. The van der Waals surface area contributed by atoms with Gasteiger partial charge in [-0.05, 0) is 67.6 Å². The quantitative estimate of drug-likeness (QED) is 0.489. The second-order valence-electron chi connectivity index (χ2n) is 6.60. The maximum atomic E-state index is 14.5. The number of halogens is 3. The van der Waals surface area contributed by atoms with E-state index in [-0.39, 0.29) is 11.3 Å². The van der Waals surface area contributed by atoms with E-state index < -0.39 is 17.5 Å². The third-order valence-electron chi connectivity index (χ3n) is 4.50. The zero-order valence-corrected chi connectivity index (χ0v) is 15.0. The van der Waals surface area contributed by atoms with Gasteiger partial charge in [-0.1, -0.05) is 6.07 Å². The first-order chi connectivity index (χ1) is 12.5. The van der Waals surface area contributed by atoms with E-state index in [1.54, 1.807) is 12.1 Å². The van der Waals surface area contributed by atoms with Gasteiger partial charge in [0, 0.05) is 20.9 Å². The maximum absolute atomic E-state index is 14.5. The number of hydrogen-bond donors (Lipinski definition) is 0. The van der Waals surface area contributed by atoms with Crippen LogP contribution in [0.15, 0.2) is 42.5 Å². The molecule has 0 atom stereocenters. The van der Waals surface area contributed by atoms with Crippen molar-refractivity contribution in [1.29, 1.82) is 0 Å². The molecule has 1 heterocycles. The molecule has 1 aromatic heterocycles. The molecule has 2 aromatic carbocycles. The summed E-state index contributed by atoms with van der Waals surface area (Å²) >= 11 is 1.49. The second kappa shape index (κ2) is 6.80. The average Bonchev–Trinajstić information content (AvgIpc) is 3.36. The van der Waals surface area contributed by atoms with Crippen LogP contribution in [0.2, 0.25) is 0 Å². The first-order valence-corrected chi connectivity index (χ1v) is 9.32. The summed E-state index contributed by atoms with van der Waals surface area (Å²) in [6.45, 7) is 2.35. The van der Waals surface area contributed by atoms with Gasteiger partial charge in [0.25, 0.3) is 0 Å². The zero-order chi connectivity index (χ0) is 18.3. The van der Waals surface area contributed by atoms with Gasteiger partial charge >= 0.3 is 0 Å². The van der Waals surface area contributed by atoms with Crippen molar-refractivity contribution < 1.29 is 17.9 Å². The lowest BCUT2D eigenvalue weighted by molar-refractivity contribution is 0.280. The molecule has 1 aliphatic carbocycles. The number of benzene rings is 2. The van der Waals surface area contributed by atoms with Gasteiger partial charge in [-0.2, -0.15) is 4.39 Å². The lowest BCUT2D eigenvalue weighted by atomic mass is 10.0. The van der Waals surface area contributed by atoms with Crippen LogP contribution in [0, 0.1) is 30.3 Å². The van der Waals surface area contributed by atoms with E-state index in [2.05, 4.69) is 0 Å². The van der Waals surface area contributed by atoms with E-state index in [9.17, 15) is 13.2 Å². The Kier molecular flexibility index (Phi) is 4.49. The molecule has 0 unspecified atom stereocenters. The van der Waals surface area contributed by atoms with Crippen LogP contribution >= 0.6 is 11.3 Å². The summed E-state index contributed by atoms with van der Waals surface area (Å²) in [4.78, 5) is 1.89. The average molecular weight is 374 g/mol. The van der Waals surface area contributed by atoms with Crippen molar-refractivity contribution in [1.82, 2.24) is 0 Å². The van der Waals surface area contributed by atoms with Crippen molar-refractivity contribution >= 4 is 11.3 Å². The summed E-state index contributed by atoms with van der Waals surface area (Å²) in [6, 6.07) is 11.1. The molecule has 0 amide bonds. The fourth-order valence-electron chi connectivity index (χ4n) is 2.82. The largest absolute Gasteiger partial charge is 0.490 e. The Morgan fingerprint density at radius 2 is 1.73 bits per heavy atom. The summed E-state index contributed by atoms with van der Waals surface area (Å²) in [5, 5.41) is 0. The normalized spacial score (nSPS) is 13.8. The Morgan fingerprint density at radius 1 is 0.962 bits per heavy atom. The van der Waals surface area contributed by atoms with Crippen LogP contribution in [0.5, 0.6) is 5.75 Å². The number of aryl methyl sites for hydroxylation is 1. The summed E-state index contributed by atoms with van der Waals surface area (Å²) < 4.78 is 48.6. The minimum Gasteiger partial charge on any atom is -0.490 e. The molecule has 4 rings (SSSR count). The van der Waals surface area contributed by atoms with E-state index in [4.69, 9.17) is 4.74 Å². The first-order valence-electron chi connectivity index (χ1n) is 8.50. The standard InChI is InChI=1S/C21H17F3OS/c1-12-2-9-19(26-12)16-6-5-14(10-17(16)22)15-7-8-18(21(24)20(15)23)25-11-13-3-4-13/h2,5-10,13H,3-4,11H2,1H3. The molecule has 26 heavy (non-hydrogen) atoms. The molecule has 1 fully saturated rings. The maximum Gasteiger partial charge on any atom is 0.201 e. The summed E-state index contributed by atoms with van der Waals surface area (Å²) in [5.41, 5.74) is 0.774. The highest BCUT2D eigenvalue weighted by Crippen LogP contribution is 2.35. The van der Waals surface area contributed by atoms with E-state index >= 15 is 0 Å². The fourth-order valence-corrected chi connectivity index (χ4v) is 3.71. The topological polar surface area (TPSA) is 9.23 Å². The minimum atomic E-state index is -1.03. The number of ether oxygens (including phenoxy) is 1. The van der Waals surface area contributed by atoms with Crippen LogP contribution < -0.4 is 4.74 Å². The van der Waals surface area contributed by atoms with Crippen molar-refractivity contribution in [2.75, 3.05) is 6.61 Å². The van der Waals surface area contributed by atoms with Crippen LogP contribution in [-0.4, -0.2) is 6.61 Å². The Hall–Kier alpha value is -2.27. The summed E-state index contributed by atoms with van der Waals surface area (Å²) in [7, 11) is 0. The van der Waals surface area contributed by atoms with E-state index in [0.29, 0.717) is 23.7 Å². The molecular formula is C21H17F3OS. The third kappa shape index (κ3) is 3.36. The Balaban J connectivity index is 1.64. The molecule has 1 nitrogen and oxygen atoms in total. The molecule has 0 saturated heterocycles. The molecule has 1 aliphatic rings. The molecule has 0 spiro atoms. The Bertz CT molecular complexity index is 960. The van der Waals surface area contributed by atoms with Gasteiger partial charge < -0.3 is 4.74 Å². The minimum absolute atomic E-state index is 0.0223. The van der Waals surface area contributed by atoms with E-state index in [0.717, 1.165) is 22.6 Å². The number of hydrogen-bond acceptors (Lipinski definition) is 2. The van der Waals surface area contributed by atoms with Crippen LogP contribution in [0.1, 0.15) is 17.7 Å². The van der Waals surface area contributed by atoms with Gasteiger partial charge in [0.1, 0.15) is 5.82 Å². The second-order valence-corrected chi connectivity index (χ2v) is 7.89. The van der Waals surface area contributed by atoms with Gasteiger partial charge in [0.15, 0.2) is 11.6 Å². The van der Waals surface area contributed by atoms with Gasteiger partial charge in [-0.3, -0.25) is 0 Å². The molecule has 3 aromatic rings. The third-order valence-corrected chi connectivity index (χ3v) is 5.54. The monoisotopic (exact) mass is 374 g/mol. The SMILES string of the molecule is Cc1ccc(-c2ccc(-c3ccc(OCC4CC4)c(F)c3F)cc2F)s1. The van der Waals surface area contributed by atoms with Gasteiger partial charge in [-0.25, -0.2) is 8.78 Å². The molecule has 134 valence electrons. The molecular weight excluding hydrogens is 357 g/mol. The van der Waals surface area contributed by atoms with Crippen molar-refractivity contribution in [3.63, 3.8) is 0 Å². The predicted molar refractivity (Wildman–Crippen MR) is 98.0 cm³/mol. The van der Waals surface area contributed by atoms with E-state index in [1.807, 2.05) is 19.1 Å². The van der Waals surface area contributed by atoms with Crippen molar-refractivity contribution in [2.45, 2.75) is 19.8 Å². The van der Waals surface area contributed by atoms with Gasteiger partial charge in [0.2, 0.25) is 5.82 Å². The highest BCUT2D eigenvalue weighted by atomic mass is 32.1. The molecule has 0 bridgehead atoms. The smallest absolute Gasteiger partial charge is 0.201 e.